The van der Waals surface area contributed by atoms with E-state index in [4.69, 9.17) is 15.2 Å². The second-order valence-corrected chi connectivity index (χ2v) is 10.2. The molecule has 5 aromatic rings. The van der Waals surface area contributed by atoms with Crippen LogP contribution < -0.4 is 20.5 Å². The van der Waals surface area contributed by atoms with E-state index in [1.807, 2.05) is 6.07 Å². The summed E-state index contributed by atoms with van der Waals surface area (Å²) in [6, 6.07) is 11.6. The molecule has 1 fully saturated rings. The van der Waals surface area contributed by atoms with Crippen molar-refractivity contribution in [2.45, 2.75) is 32.3 Å². The summed E-state index contributed by atoms with van der Waals surface area (Å²) in [6.07, 6.45) is 0.851. The highest BCUT2D eigenvalue weighted by atomic mass is 19.3. The minimum atomic E-state index is -2.75. The fraction of sp³-hybridized carbons (Fsp3) is 0.321. The molecule has 1 aromatic carbocycles. The molecule has 0 aliphatic carbocycles. The number of alkyl halides is 2. The number of nitrogens with two attached hydrogens (primary N) is 1. The Bertz CT molecular complexity index is 1710. The topological polar surface area (TPSA) is 134 Å². The summed E-state index contributed by atoms with van der Waals surface area (Å²) in [5.74, 6) is 2.07. The maximum absolute atomic E-state index is 13.9. The Labute approximate surface area is 240 Å². The maximum atomic E-state index is 13.9. The predicted octanol–water partition coefficient (Wildman–Crippen LogP) is 4.45. The number of rotatable bonds is 8. The van der Waals surface area contributed by atoms with Gasteiger partial charge in [-0.3, -0.25) is 4.57 Å². The Morgan fingerprint density at radius 1 is 1.07 bits per heavy atom. The number of halogens is 2. The number of nitrogens with one attached hydrogen (secondary N) is 1. The monoisotopic (exact) mass is 576 g/mol. The van der Waals surface area contributed by atoms with Crippen LogP contribution in [0.4, 0.5) is 26.1 Å². The number of fused-ring (bicyclic) bond motifs is 1. The molecule has 1 saturated heterocycles. The SMILES string of the molecule is COc1cc2c(cc1Nc1ccc(OC3CCN(C)CC3)nn1)ncn2-c1ccc(C(F)F)c(-n2nc(N)cc2C)n1. The van der Waals surface area contributed by atoms with Crippen LogP contribution in [0.25, 0.3) is 22.7 Å². The molecular weight excluding hydrogens is 546 g/mol. The minimum absolute atomic E-state index is 0.00868. The number of hydrogen-bond acceptors (Lipinski definition) is 10. The molecule has 3 N–H and O–H groups in total. The third-order valence-electron chi connectivity index (χ3n) is 7.20. The molecule has 1 aliphatic heterocycles. The number of benzene rings is 1. The lowest BCUT2D eigenvalue weighted by Crippen LogP contribution is -2.35. The number of ether oxygens (including phenoxy) is 2. The van der Waals surface area contributed by atoms with E-state index in [0.29, 0.717) is 45.7 Å². The van der Waals surface area contributed by atoms with Gasteiger partial charge in [0.1, 0.15) is 29.8 Å². The Morgan fingerprint density at radius 2 is 1.88 bits per heavy atom. The number of nitrogen functional groups attached to an aromatic ring is 1. The highest BCUT2D eigenvalue weighted by Crippen LogP contribution is 2.34. The first kappa shape index (κ1) is 27.3. The van der Waals surface area contributed by atoms with E-state index in [9.17, 15) is 8.78 Å². The number of pyridine rings is 1. The smallest absolute Gasteiger partial charge is 0.267 e. The Hall–Kier alpha value is -4.85. The lowest BCUT2D eigenvalue weighted by atomic mass is 10.1. The molecule has 12 nitrogen and oxygen atoms in total. The van der Waals surface area contributed by atoms with E-state index in [1.165, 1.54) is 16.8 Å². The standard InChI is InChI=1S/C28H30F2N10O2/c1-16-12-23(31)37-40(16)28-18(27(29)30)4-6-25(34-28)39-15-32-19-13-20(22(41-3)14-21(19)39)33-24-5-7-26(36-35-24)42-17-8-10-38(2)11-9-17/h4-7,12-15,17,27H,8-11H2,1-3H3,(H2,31,37)(H,33,35). The predicted molar refractivity (Wildman–Crippen MR) is 153 cm³/mol. The number of hydrogen-bond donors (Lipinski definition) is 2. The fourth-order valence-electron chi connectivity index (χ4n) is 4.98. The van der Waals surface area contributed by atoms with Gasteiger partial charge in [0.25, 0.3) is 6.43 Å². The highest BCUT2D eigenvalue weighted by molar-refractivity contribution is 5.85. The molecular formula is C28H30F2N10O2. The molecule has 5 heterocycles. The number of aryl methyl sites for hydroxylation is 1. The van der Waals surface area contributed by atoms with Crippen LogP contribution in [0.15, 0.2) is 48.8 Å². The Balaban J connectivity index is 1.28. The lowest BCUT2D eigenvalue weighted by Gasteiger charge is -2.28. The molecule has 0 atom stereocenters. The van der Waals surface area contributed by atoms with Gasteiger partial charge in [-0.15, -0.1) is 15.3 Å². The summed E-state index contributed by atoms with van der Waals surface area (Å²) in [6.45, 7) is 3.71. The maximum Gasteiger partial charge on any atom is 0.267 e. The molecule has 0 spiro atoms. The van der Waals surface area contributed by atoms with Crippen LogP contribution in [-0.4, -0.2) is 72.8 Å². The number of anilines is 3. The largest absolute Gasteiger partial charge is 0.494 e. The zero-order valence-electron chi connectivity index (χ0n) is 23.3. The van der Waals surface area contributed by atoms with Crippen molar-refractivity contribution in [3.63, 3.8) is 0 Å². The van der Waals surface area contributed by atoms with Crippen LogP contribution >= 0.6 is 0 Å². The van der Waals surface area contributed by atoms with Crippen LogP contribution in [0.3, 0.4) is 0 Å². The number of piperidine rings is 1. The first-order valence-corrected chi connectivity index (χ1v) is 13.4. The number of aromatic nitrogens is 7. The summed E-state index contributed by atoms with van der Waals surface area (Å²) in [5, 5.41) is 15.9. The van der Waals surface area contributed by atoms with E-state index in [-0.39, 0.29) is 23.3 Å². The highest BCUT2D eigenvalue weighted by Gasteiger charge is 2.21. The zero-order chi connectivity index (χ0) is 29.4. The van der Waals surface area contributed by atoms with Gasteiger partial charge in [0, 0.05) is 37.0 Å². The van der Waals surface area contributed by atoms with Crippen molar-refractivity contribution in [2.75, 3.05) is 38.3 Å². The fourth-order valence-corrected chi connectivity index (χ4v) is 4.98. The molecule has 218 valence electrons. The molecule has 1 aliphatic rings. The molecule has 42 heavy (non-hydrogen) atoms. The molecule has 0 radical (unpaired) electrons. The van der Waals surface area contributed by atoms with Gasteiger partial charge in [-0.2, -0.15) is 0 Å². The molecule has 0 bridgehead atoms. The van der Waals surface area contributed by atoms with Crippen molar-refractivity contribution in [1.29, 1.82) is 0 Å². The first-order chi connectivity index (χ1) is 20.3. The summed E-state index contributed by atoms with van der Waals surface area (Å²) in [4.78, 5) is 11.3. The van der Waals surface area contributed by atoms with Crippen LogP contribution in [0.5, 0.6) is 11.6 Å². The van der Waals surface area contributed by atoms with Crippen molar-refractivity contribution in [3.05, 3.63) is 60.0 Å². The number of likely N-dealkylation sites (tertiary alicyclic amines) is 1. The van der Waals surface area contributed by atoms with Gasteiger partial charge in [-0.1, -0.05) is 0 Å². The normalized spacial score (nSPS) is 14.5. The van der Waals surface area contributed by atoms with E-state index in [0.717, 1.165) is 25.9 Å². The third kappa shape index (κ3) is 5.40. The van der Waals surface area contributed by atoms with Gasteiger partial charge in [-0.25, -0.2) is 23.4 Å². The van der Waals surface area contributed by atoms with Crippen LogP contribution in [0.1, 0.15) is 30.5 Å². The van der Waals surface area contributed by atoms with Crippen LogP contribution in [0, 0.1) is 6.92 Å². The van der Waals surface area contributed by atoms with Crippen molar-refractivity contribution >= 4 is 28.4 Å². The van der Waals surface area contributed by atoms with Gasteiger partial charge in [-0.05, 0) is 51.1 Å². The van der Waals surface area contributed by atoms with Gasteiger partial charge in [0.2, 0.25) is 5.88 Å². The summed E-state index contributed by atoms with van der Waals surface area (Å²) in [5.41, 5.74) is 8.02. The Kier molecular flexibility index (Phi) is 7.29. The number of imidazole rings is 1. The first-order valence-electron chi connectivity index (χ1n) is 13.4. The van der Waals surface area contributed by atoms with E-state index < -0.39 is 6.43 Å². The zero-order valence-corrected chi connectivity index (χ0v) is 23.3. The number of methoxy groups -OCH3 is 1. The molecule has 4 aromatic heterocycles. The van der Waals surface area contributed by atoms with Crippen molar-refractivity contribution in [2.24, 2.45) is 0 Å². The Morgan fingerprint density at radius 3 is 2.55 bits per heavy atom. The van der Waals surface area contributed by atoms with Crippen molar-refractivity contribution in [3.8, 4) is 23.3 Å². The van der Waals surface area contributed by atoms with Crippen molar-refractivity contribution in [1.82, 2.24) is 39.4 Å². The van der Waals surface area contributed by atoms with E-state index in [2.05, 4.69) is 42.5 Å². The second kappa shape index (κ2) is 11.2. The summed E-state index contributed by atoms with van der Waals surface area (Å²) >= 11 is 0. The van der Waals surface area contributed by atoms with E-state index >= 15 is 0 Å². The number of nitrogens with zero attached hydrogens (tertiary/aromatic N) is 8. The summed E-state index contributed by atoms with van der Waals surface area (Å²) in [7, 11) is 3.66. The van der Waals surface area contributed by atoms with Gasteiger partial charge in [0.15, 0.2) is 11.6 Å². The van der Waals surface area contributed by atoms with Gasteiger partial charge in [0.05, 0.1) is 29.4 Å². The third-order valence-corrected chi connectivity index (χ3v) is 7.20. The van der Waals surface area contributed by atoms with Crippen LogP contribution in [-0.2, 0) is 0 Å². The van der Waals surface area contributed by atoms with Crippen LogP contribution in [0.2, 0.25) is 0 Å². The molecule has 0 saturated carbocycles. The summed E-state index contributed by atoms with van der Waals surface area (Å²) < 4.78 is 42.4. The second-order valence-electron chi connectivity index (χ2n) is 10.2. The minimum Gasteiger partial charge on any atom is -0.494 e. The average Bonchev–Trinajstić information content (AvgIpc) is 3.55. The van der Waals surface area contributed by atoms with Crippen molar-refractivity contribution < 1.29 is 18.3 Å². The molecule has 6 rings (SSSR count). The van der Waals surface area contributed by atoms with Gasteiger partial charge >= 0.3 is 0 Å². The quantitative estimate of drug-likeness (QED) is 0.273. The average molecular weight is 577 g/mol. The van der Waals surface area contributed by atoms with Gasteiger partial charge < -0.3 is 25.4 Å². The lowest BCUT2D eigenvalue weighted by molar-refractivity contribution is 0.109. The molecule has 0 amide bonds. The molecule has 14 heteroatoms. The molecule has 0 unspecified atom stereocenters. The van der Waals surface area contributed by atoms with E-state index in [1.54, 1.807) is 49.2 Å².